The zero-order chi connectivity index (χ0) is 27.0. The zero-order valence-corrected chi connectivity index (χ0v) is 23.2. The Bertz CT molecular complexity index is 1170. The van der Waals surface area contributed by atoms with Gasteiger partial charge < -0.3 is 15.0 Å². The first-order valence-corrected chi connectivity index (χ1v) is 14.9. The number of ether oxygens (including phenoxy) is 1. The third kappa shape index (κ3) is 8.36. The van der Waals surface area contributed by atoms with Crippen LogP contribution in [-0.4, -0.2) is 56.6 Å². The fourth-order valence-corrected chi connectivity index (χ4v) is 5.53. The molecule has 0 saturated heterocycles. The summed E-state index contributed by atoms with van der Waals surface area (Å²) in [6.45, 7) is 3.67. The third-order valence-corrected chi connectivity index (χ3v) is 7.85. The first-order chi connectivity index (χ1) is 17.6. The number of benzene rings is 2. The van der Waals surface area contributed by atoms with Gasteiger partial charge in [0.25, 0.3) is 0 Å². The van der Waals surface area contributed by atoms with Gasteiger partial charge in [-0.25, -0.2) is 8.42 Å². The van der Waals surface area contributed by atoms with Crippen molar-refractivity contribution < 1.29 is 22.7 Å². The quantitative estimate of drug-likeness (QED) is 0.449. The Kier molecular flexibility index (Phi) is 10.2. The molecular weight excluding hydrogens is 514 g/mol. The normalized spacial score (nSPS) is 15.0. The molecule has 2 amide bonds. The zero-order valence-electron chi connectivity index (χ0n) is 21.7. The van der Waals surface area contributed by atoms with E-state index in [-0.39, 0.29) is 18.5 Å². The highest BCUT2D eigenvalue weighted by Gasteiger charge is 2.31. The lowest BCUT2D eigenvalue weighted by Gasteiger charge is -2.33. The van der Waals surface area contributed by atoms with Gasteiger partial charge in [0.15, 0.2) is 0 Å². The van der Waals surface area contributed by atoms with Crippen LogP contribution in [0.3, 0.4) is 0 Å². The standard InChI is InChI=1S/C27H36ClN3O5S/c1-4-36-25-15-13-24(14-16-25)31(37(3,34)35)19-26(32)30(18-21-9-8-10-22(28)17-21)20(2)27(33)29-23-11-6-5-7-12-23/h8-10,13-17,20,23H,4-7,11-12,18-19H2,1-3H3,(H,29,33)/t20-/m1/s1. The Balaban J connectivity index is 1.85. The second kappa shape index (κ2) is 13.1. The summed E-state index contributed by atoms with van der Waals surface area (Å²) in [5.41, 5.74) is 1.08. The number of halogens is 1. The Morgan fingerprint density at radius 2 is 1.78 bits per heavy atom. The molecule has 1 N–H and O–H groups in total. The molecule has 0 aromatic heterocycles. The van der Waals surface area contributed by atoms with Crippen LogP contribution in [0.2, 0.25) is 5.02 Å². The summed E-state index contributed by atoms with van der Waals surface area (Å²) in [4.78, 5) is 28.3. The Morgan fingerprint density at radius 1 is 1.11 bits per heavy atom. The number of nitrogens with zero attached hydrogens (tertiary/aromatic N) is 2. The summed E-state index contributed by atoms with van der Waals surface area (Å²) in [5, 5.41) is 3.59. The Labute approximate surface area is 225 Å². The van der Waals surface area contributed by atoms with Crippen molar-refractivity contribution in [2.24, 2.45) is 0 Å². The molecule has 2 aromatic carbocycles. The molecule has 3 rings (SSSR count). The van der Waals surface area contributed by atoms with Gasteiger partial charge in [-0.1, -0.05) is 43.0 Å². The largest absolute Gasteiger partial charge is 0.494 e. The van der Waals surface area contributed by atoms with Crippen molar-refractivity contribution in [1.82, 2.24) is 10.2 Å². The van der Waals surface area contributed by atoms with Crippen LogP contribution in [-0.2, 0) is 26.2 Å². The minimum Gasteiger partial charge on any atom is -0.494 e. The average Bonchev–Trinajstić information content (AvgIpc) is 2.86. The van der Waals surface area contributed by atoms with E-state index in [9.17, 15) is 18.0 Å². The van der Waals surface area contributed by atoms with Crippen molar-refractivity contribution in [3.63, 3.8) is 0 Å². The van der Waals surface area contributed by atoms with Crippen molar-refractivity contribution in [2.45, 2.75) is 64.6 Å². The van der Waals surface area contributed by atoms with Crippen LogP contribution < -0.4 is 14.4 Å². The number of carbonyl (C=O) groups is 2. The summed E-state index contributed by atoms with van der Waals surface area (Å²) in [6.07, 6.45) is 6.18. The van der Waals surface area contributed by atoms with E-state index in [0.717, 1.165) is 48.2 Å². The molecule has 0 bridgehead atoms. The maximum atomic E-state index is 13.7. The molecule has 0 radical (unpaired) electrons. The molecule has 2 aromatic rings. The van der Waals surface area contributed by atoms with Crippen LogP contribution >= 0.6 is 11.6 Å². The van der Waals surface area contributed by atoms with Crippen LogP contribution in [0.5, 0.6) is 5.75 Å². The molecule has 8 nitrogen and oxygen atoms in total. The number of anilines is 1. The highest BCUT2D eigenvalue weighted by molar-refractivity contribution is 7.92. The van der Waals surface area contributed by atoms with Crippen LogP contribution in [0, 0.1) is 0 Å². The lowest BCUT2D eigenvalue weighted by molar-refractivity contribution is -0.139. The Morgan fingerprint density at radius 3 is 2.38 bits per heavy atom. The smallest absolute Gasteiger partial charge is 0.244 e. The summed E-state index contributed by atoms with van der Waals surface area (Å²) in [5.74, 6) is -0.151. The molecule has 10 heteroatoms. The van der Waals surface area contributed by atoms with Gasteiger partial charge in [0.2, 0.25) is 21.8 Å². The van der Waals surface area contributed by atoms with Crippen LogP contribution in [0.1, 0.15) is 51.5 Å². The second-order valence-corrected chi connectivity index (χ2v) is 11.7. The molecule has 37 heavy (non-hydrogen) atoms. The van der Waals surface area contributed by atoms with Crippen molar-refractivity contribution >= 4 is 39.1 Å². The minimum absolute atomic E-state index is 0.0863. The monoisotopic (exact) mass is 549 g/mol. The topological polar surface area (TPSA) is 96.0 Å². The van der Waals surface area contributed by atoms with E-state index in [1.165, 1.54) is 4.90 Å². The number of sulfonamides is 1. The predicted molar refractivity (Wildman–Crippen MR) is 146 cm³/mol. The summed E-state index contributed by atoms with van der Waals surface area (Å²) in [6, 6.07) is 12.8. The molecule has 202 valence electrons. The van der Waals surface area contributed by atoms with Gasteiger partial charge >= 0.3 is 0 Å². The van der Waals surface area contributed by atoms with Gasteiger partial charge in [0, 0.05) is 17.6 Å². The molecule has 0 heterocycles. The van der Waals surface area contributed by atoms with Crippen LogP contribution in [0.15, 0.2) is 48.5 Å². The highest BCUT2D eigenvalue weighted by atomic mass is 35.5. The highest BCUT2D eigenvalue weighted by Crippen LogP contribution is 2.23. The average molecular weight is 550 g/mol. The van der Waals surface area contributed by atoms with E-state index in [1.54, 1.807) is 49.4 Å². The molecule has 1 atom stereocenters. The number of amides is 2. The van der Waals surface area contributed by atoms with Crippen molar-refractivity contribution in [3.05, 3.63) is 59.1 Å². The first kappa shape index (κ1) is 28.8. The molecule has 1 fully saturated rings. The number of rotatable bonds is 11. The minimum atomic E-state index is -3.80. The van der Waals surface area contributed by atoms with Crippen molar-refractivity contribution in [1.29, 1.82) is 0 Å². The fraction of sp³-hybridized carbons (Fsp3) is 0.481. The number of hydrogen-bond donors (Lipinski definition) is 1. The van der Waals surface area contributed by atoms with Gasteiger partial charge in [0.05, 0.1) is 18.6 Å². The van der Waals surface area contributed by atoms with Gasteiger partial charge in [-0.15, -0.1) is 0 Å². The number of hydrogen-bond acceptors (Lipinski definition) is 5. The van der Waals surface area contributed by atoms with Gasteiger partial charge in [-0.3, -0.25) is 13.9 Å². The predicted octanol–water partition coefficient (Wildman–Crippen LogP) is 4.37. The second-order valence-electron chi connectivity index (χ2n) is 9.37. The molecule has 0 aliphatic heterocycles. The first-order valence-electron chi connectivity index (χ1n) is 12.6. The maximum absolute atomic E-state index is 13.7. The molecule has 0 unspecified atom stereocenters. The Hall–Kier alpha value is -2.78. The van der Waals surface area contributed by atoms with Crippen molar-refractivity contribution in [3.8, 4) is 5.75 Å². The molecule has 0 spiro atoms. The molecule has 1 aliphatic carbocycles. The van der Waals surface area contributed by atoms with E-state index in [4.69, 9.17) is 16.3 Å². The lowest BCUT2D eigenvalue weighted by Crippen LogP contribution is -2.52. The maximum Gasteiger partial charge on any atom is 0.244 e. The van der Waals surface area contributed by atoms with Gasteiger partial charge in [-0.05, 0) is 68.7 Å². The summed E-state index contributed by atoms with van der Waals surface area (Å²) < 4.78 is 31.9. The third-order valence-electron chi connectivity index (χ3n) is 6.48. The van der Waals surface area contributed by atoms with Crippen molar-refractivity contribution in [2.75, 3.05) is 23.7 Å². The van der Waals surface area contributed by atoms with E-state index in [0.29, 0.717) is 23.1 Å². The van der Waals surface area contributed by atoms with E-state index in [2.05, 4.69) is 5.32 Å². The fourth-order valence-electron chi connectivity index (χ4n) is 4.47. The van der Waals surface area contributed by atoms with E-state index in [1.807, 2.05) is 13.0 Å². The summed E-state index contributed by atoms with van der Waals surface area (Å²) in [7, 11) is -3.80. The summed E-state index contributed by atoms with van der Waals surface area (Å²) >= 11 is 6.16. The van der Waals surface area contributed by atoms with Gasteiger partial charge in [0.1, 0.15) is 18.3 Å². The number of nitrogens with one attached hydrogen (secondary N) is 1. The molecular formula is C27H36ClN3O5S. The number of carbonyl (C=O) groups excluding carboxylic acids is 2. The van der Waals surface area contributed by atoms with Crippen LogP contribution in [0.25, 0.3) is 0 Å². The molecule has 1 saturated carbocycles. The molecule has 1 aliphatic rings. The van der Waals surface area contributed by atoms with Gasteiger partial charge in [-0.2, -0.15) is 0 Å². The van der Waals surface area contributed by atoms with E-state index < -0.39 is 28.5 Å². The van der Waals surface area contributed by atoms with Crippen LogP contribution in [0.4, 0.5) is 5.69 Å². The van der Waals surface area contributed by atoms with E-state index >= 15 is 0 Å². The SMILES string of the molecule is CCOc1ccc(N(CC(=O)N(Cc2cccc(Cl)c2)[C@H](C)C(=O)NC2CCCCC2)S(C)(=O)=O)cc1. The lowest BCUT2D eigenvalue weighted by atomic mass is 9.95.